The van der Waals surface area contributed by atoms with Crippen molar-refractivity contribution in [1.29, 1.82) is 0 Å². The van der Waals surface area contributed by atoms with E-state index in [4.69, 9.17) is 18.9 Å². The van der Waals surface area contributed by atoms with Crippen molar-refractivity contribution >= 4 is 11.9 Å². The van der Waals surface area contributed by atoms with Crippen molar-refractivity contribution in [2.75, 3.05) is 21.3 Å². The third-order valence-electron chi connectivity index (χ3n) is 4.54. The van der Waals surface area contributed by atoms with E-state index in [1.807, 2.05) is 30.3 Å². The van der Waals surface area contributed by atoms with E-state index in [1.165, 1.54) is 6.08 Å². The van der Waals surface area contributed by atoms with Crippen LogP contribution in [0, 0.1) is 0 Å². The fourth-order valence-corrected chi connectivity index (χ4v) is 2.91. The number of carbonyl (C=O) groups is 1. The quantitative estimate of drug-likeness (QED) is 0.363. The summed E-state index contributed by atoms with van der Waals surface area (Å²) < 4.78 is 21.8. The molecule has 0 aliphatic rings. The lowest BCUT2D eigenvalue weighted by Crippen LogP contribution is -1.98. The normalized spacial score (nSPS) is 10.6. The summed E-state index contributed by atoms with van der Waals surface area (Å²) in [6, 6.07) is 20.5. The molecule has 30 heavy (non-hydrogen) atoms. The van der Waals surface area contributed by atoms with Gasteiger partial charge in [-0.15, -0.1) is 0 Å². The van der Waals surface area contributed by atoms with Gasteiger partial charge in [-0.2, -0.15) is 0 Å². The molecular weight excluding hydrogens is 380 g/mol. The second kappa shape index (κ2) is 10.2. The molecule has 0 N–H and O–H groups in total. The monoisotopic (exact) mass is 404 g/mol. The van der Waals surface area contributed by atoms with Crippen molar-refractivity contribution in [2.45, 2.75) is 6.61 Å². The second-order valence-electron chi connectivity index (χ2n) is 6.44. The molecule has 0 aliphatic heterocycles. The van der Waals surface area contributed by atoms with E-state index < -0.39 is 0 Å². The molecule has 0 atom stereocenters. The van der Waals surface area contributed by atoms with Gasteiger partial charge in [0, 0.05) is 17.7 Å². The van der Waals surface area contributed by atoms with Crippen LogP contribution in [0.15, 0.2) is 72.8 Å². The fraction of sp³-hybridized carbons (Fsp3) is 0.160. The van der Waals surface area contributed by atoms with Crippen LogP contribution in [-0.4, -0.2) is 27.1 Å². The summed E-state index contributed by atoms with van der Waals surface area (Å²) in [5.74, 6) is 2.29. The Morgan fingerprint density at radius 1 is 0.800 bits per heavy atom. The molecule has 0 saturated carbocycles. The summed E-state index contributed by atoms with van der Waals surface area (Å²) in [4.78, 5) is 12.6. The molecule has 5 nitrogen and oxygen atoms in total. The van der Waals surface area contributed by atoms with E-state index in [0.717, 1.165) is 5.56 Å². The smallest absolute Gasteiger partial charge is 0.185 e. The number of benzene rings is 3. The molecule has 0 radical (unpaired) electrons. The van der Waals surface area contributed by atoms with Crippen LogP contribution in [0.2, 0.25) is 0 Å². The third-order valence-corrected chi connectivity index (χ3v) is 4.54. The van der Waals surface area contributed by atoms with Crippen molar-refractivity contribution in [1.82, 2.24) is 0 Å². The lowest BCUT2D eigenvalue weighted by atomic mass is 10.1. The summed E-state index contributed by atoms with van der Waals surface area (Å²) in [5, 5.41) is 0. The second-order valence-corrected chi connectivity index (χ2v) is 6.44. The Morgan fingerprint density at radius 3 is 2.00 bits per heavy atom. The fourth-order valence-electron chi connectivity index (χ4n) is 2.91. The zero-order valence-electron chi connectivity index (χ0n) is 17.3. The number of ether oxygens (including phenoxy) is 4. The number of rotatable bonds is 9. The Kier molecular flexibility index (Phi) is 7.11. The predicted molar refractivity (Wildman–Crippen MR) is 117 cm³/mol. The largest absolute Gasteiger partial charge is 0.496 e. The van der Waals surface area contributed by atoms with E-state index in [-0.39, 0.29) is 5.78 Å². The number of hydrogen-bond donors (Lipinski definition) is 0. The summed E-state index contributed by atoms with van der Waals surface area (Å²) in [7, 11) is 4.68. The molecular formula is C25H24O5. The van der Waals surface area contributed by atoms with Crippen LogP contribution in [-0.2, 0) is 6.61 Å². The average molecular weight is 404 g/mol. The molecule has 0 fully saturated rings. The minimum Gasteiger partial charge on any atom is -0.496 e. The number of methoxy groups -OCH3 is 3. The summed E-state index contributed by atoms with van der Waals surface area (Å²) in [6.45, 7) is 0.477. The van der Waals surface area contributed by atoms with Crippen molar-refractivity contribution < 1.29 is 23.7 Å². The van der Waals surface area contributed by atoms with Gasteiger partial charge in [-0.3, -0.25) is 4.79 Å². The van der Waals surface area contributed by atoms with Crippen LogP contribution in [0.5, 0.6) is 23.0 Å². The Balaban J connectivity index is 1.71. The van der Waals surface area contributed by atoms with E-state index in [0.29, 0.717) is 40.7 Å². The number of ketones is 1. The predicted octanol–water partition coefficient (Wildman–Crippen LogP) is 5.19. The minimum absolute atomic E-state index is 0.135. The lowest BCUT2D eigenvalue weighted by Gasteiger charge is -2.12. The molecule has 0 saturated heterocycles. The van der Waals surface area contributed by atoms with E-state index in [2.05, 4.69) is 0 Å². The van der Waals surface area contributed by atoms with Crippen LogP contribution >= 0.6 is 0 Å². The number of allylic oxidation sites excluding steroid dienone is 1. The first-order valence-corrected chi connectivity index (χ1v) is 9.44. The summed E-state index contributed by atoms with van der Waals surface area (Å²) in [6.07, 6.45) is 3.17. The van der Waals surface area contributed by atoms with Crippen LogP contribution in [0.4, 0.5) is 0 Å². The molecule has 0 heterocycles. The van der Waals surface area contributed by atoms with Crippen molar-refractivity contribution in [3.63, 3.8) is 0 Å². The van der Waals surface area contributed by atoms with Gasteiger partial charge in [-0.1, -0.05) is 30.3 Å². The standard InChI is InChI=1S/C25H24O5/c1-27-21-15-24(28-2)22(25(16-21)29-3)13-14-23(26)19-9-11-20(12-10-19)30-17-18-7-5-4-6-8-18/h4-16H,17H2,1-3H3. The topological polar surface area (TPSA) is 54.0 Å². The maximum Gasteiger partial charge on any atom is 0.185 e. The van der Waals surface area contributed by atoms with E-state index in [9.17, 15) is 4.79 Å². The minimum atomic E-state index is -0.135. The van der Waals surface area contributed by atoms with Gasteiger partial charge in [-0.25, -0.2) is 0 Å². The SMILES string of the molecule is COc1cc(OC)c(C=CC(=O)c2ccc(OCc3ccccc3)cc2)c(OC)c1. The van der Waals surface area contributed by atoms with Crippen molar-refractivity contribution in [3.05, 3.63) is 89.5 Å². The Labute approximate surface area is 176 Å². The van der Waals surface area contributed by atoms with E-state index in [1.54, 1.807) is 63.8 Å². The summed E-state index contributed by atoms with van der Waals surface area (Å²) >= 11 is 0. The van der Waals surface area contributed by atoms with Gasteiger partial charge >= 0.3 is 0 Å². The molecule has 0 aromatic heterocycles. The van der Waals surface area contributed by atoms with Gasteiger partial charge in [0.1, 0.15) is 29.6 Å². The van der Waals surface area contributed by atoms with Crippen LogP contribution in [0.25, 0.3) is 6.08 Å². The van der Waals surface area contributed by atoms with Crippen LogP contribution in [0.3, 0.4) is 0 Å². The molecule has 5 heteroatoms. The Hall–Kier alpha value is -3.73. The highest BCUT2D eigenvalue weighted by molar-refractivity contribution is 6.07. The first kappa shape index (κ1) is 21.0. The molecule has 0 amide bonds. The molecule has 3 aromatic carbocycles. The van der Waals surface area contributed by atoms with Gasteiger partial charge in [0.2, 0.25) is 0 Å². The molecule has 3 rings (SSSR count). The maximum absolute atomic E-state index is 12.6. The Morgan fingerprint density at radius 2 is 1.43 bits per heavy atom. The molecule has 0 aliphatic carbocycles. The molecule has 0 unspecified atom stereocenters. The first-order valence-electron chi connectivity index (χ1n) is 9.44. The highest BCUT2D eigenvalue weighted by Gasteiger charge is 2.11. The average Bonchev–Trinajstić information content (AvgIpc) is 2.81. The van der Waals surface area contributed by atoms with Gasteiger partial charge in [-0.05, 0) is 42.0 Å². The van der Waals surface area contributed by atoms with E-state index >= 15 is 0 Å². The lowest BCUT2D eigenvalue weighted by molar-refractivity contribution is 0.104. The third kappa shape index (κ3) is 5.20. The number of hydrogen-bond acceptors (Lipinski definition) is 5. The highest BCUT2D eigenvalue weighted by atomic mass is 16.5. The van der Waals surface area contributed by atoms with Crippen molar-refractivity contribution in [2.24, 2.45) is 0 Å². The van der Waals surface area contributed by atoms with Crippen LogP contribution < -0.4 is 18.9 Å². The molecule has 154 valence electrons. The molecule has 0 bridgehead atoms. The highest BCUT2D eigenvalue weighted by Crippen LogP contribution is 2.35. The first-order chi connectivity index (χ1) is 14.6. The van der Waals surface area contributed by atoms with Crippen LogP contribution in [0.1, 0.15) is 21.5 Å². The summed E-state index contributed by atoms with van der Waals surface area (Å²) in [5.41, 5.74) is 2.31. The maximum atomic E-state index is 12.6. The van der Waals surface area contributed by atoms with Gasteiger partial charge in [0.15, 0.2) is 5.78 Å². The van der Waals surface area contributed by atoms with Gasteiger partial charge in [0.05, 0.1) is 26.9 Å². The zero-order valence-corrected chi connectivity index (χ0v) is 17.3. The van der Waals surface area contributed by atoms with Gasteiger partial charge in [0.25, 0.3) is 0 Å². The molecule has 3 aromatic rings. The van der Waals surface area contributed by atoms with Gasteiger partial charge < -0.3 is 18.9 Å². The Bertz CT molecular complexity index is 982. The van der Waals surface area contributed by atoms with Crippen molar-refractivity contribution in [3.8, 4) is 23.0 Å². The number of carbonyl (C=O) groups excluding carboxylic acids is 1. The molecule has 0 spiro atoms. The zero-order chi connectivity index (χ0) is 21.3.